The molecule has 0 aromatic rings. The van der Waals surface area contributed by atoms with Gasteiger partial charge in [0, 0.05) is 12.0 Å². The average Bonchev–Trinajstić information content (AvgIpc) is 2.34. The van der Waals surface area contributed by atoms with Gasteiger partial charge in [-0.15, -0.1) is 0 Å². The molecule has 0 bridgehead atoms. The third kappa shape index (κ3) is 1.22. The minimum atomic E-state index is -5.61. The zero-order valence-electron chi connectivity index (χ0n) is 9.22. The van der Waals surface area contributed by atoms with Crippen molar-refractivity contribution >= 4 is 17.4 Å². The number of allylic oxidation sites excluding steroid dienone is 2. The topological polar surface area (TPSA) is 17.1 Å². The van der Waals surface area contributed by atoms with Gasteiger partial charge in [0.05, 0.1) is 0 Å². The molecular formula is C10H6ClF7O. The Morgan fingerprint density at radius 3 is 2.05 bits per heavy atom. The van der Waals surface area contributed by atoms with E-state index in [1.54, 1.807) is 0 Å². The number of hydrogen-bond acceptors (Lipinski definition) is 1. The minimum absolute atomic E-state index is 0.0707. The van der Waals surface area contributed by atoms with Gasteiger partial charge in [-0.1, -0.05) is 17.7 Å². The molecule has 0 heterocycles. The molecule has 2 aliphatic rings. The van der Waals surface area contributed by atoms with Crippen LogP contribution in [-0.2, 0) is 4.79 Å². The van der Waals surface area contributed by atoms with Crippen LogP contribution < -0.4 is 0 Å². The smallest absolute Gasteiger partial charge is 0.289 e. The number of carbonyl (C=O) groups excluding carboxylic acids is 1. The third-order valence-electron chi connectivity index (χ3n) is 3.59. The Labute approximate surface area is 107 Å². The van der Waals surface area contributed by atoms with Gasteiger partial charge < -0.3 is 0 Å². The molecule has 1 fully saturated rings. The van der Waals surface area contributed by atoms with E-state index in [1.165, 1.54) is 0 Å². The normalized spacial score (nSPS) is 47.8. The lowest BCUT2D eigenvalue weighted by Gasteiger charge is -2.43. The van der Waals surface area contributed by atoms with E-state index >= 15 is 0 Å². The molecule has 3 unspecified atom stereocenters. The van der Waals surface area contributed by atoms with Crippen LogP contribution in [0.25, 0.3) is 0 Å². The first kappa shape index (κ1) is 14.6. The van der Waals surface area contributed by atoms with Gasteiger partial charge in [-0.2, -0.15) is 17.6 Å². The van der Waals surface area contributed by atoms with Crippen LogP contribution in [0.3, 0.4) is 0 Å². The Bertz CT molecular complexity index is 496. The molecular weight excluding hydrogens is 305 g/mol. The molecule has 3 atom stereocenters. The Morgan fingerprint density at radius 2 is 1.58 bits per heavy atom. The van der Waals surface area contributed by atoms with Gasteiger partial charge in [-0.05, 0) is 6.92 Å². The molecule has 0 spiro atoms. The van der Waals surface area contributed by atoms with Crippen LogP contribution in [0.1, 0.15) is 13.3 Å². The molecule has 0 aliphatic heterocycles. The number of fused-ring (bicyclic) bond motifs is 1. The first-order chi connectivity index (χ1) is 8.25. The number of alkyl halides is 8. The lowest BCUT2D eigenvalue weighted by atomic mass is 9.75. The van der Waals surface area contributed by atoms with Crippen molar-refractivity contribution in [1.82, 2.24) is 0 Å². The maximum absolute atomic E-state index is 14.3. The monoisotopic (exact) mass is 310 g/mol. The van der Waals surface area contributed by atoms with Crippen molar-refractivity contribution < 1.29 is 35.5 Å². The van der Waals surface area contributed by atoms with Gasteiger partial charge >= 0.3 is 11.8 Å². The number of carbonyl (C=O) groups is 1. The van der Waals surface area contributed by atoms with Crippen molar-refractivity contribution in [2.45, 2.75) is 41.7 Å². The highest BCUT2D eigenvalue weighted by Gasteiger charge is 2.89. The summed E-state index contributed by atoms with van der Waals surface area (Å²) in [6, 6.07) is 0. The second-order valence-electron chi connectivity index (χ2n) is 4.67. The summed E-state index contributed by atoms with van der Waals surface area (Å²) >= 11 is 4.84. The maximum Gasteiger partial charge on any atom is 0.351 e. The van der Waals surface area contributed by atoms with Crippen LogP contribution in [0.2, 0.25) is 0 Å². The molecule has 0 saturated heterocycles. The van der Waals surface area contributed by atoms with Crippen molar-refractivity contribution in [1.29, 1.82) is 0 Å². The standard InChI is InChI=1S/C10H6ClF7O/c1-6(12)8(15)4(5(19)9(6,11)16)2-3-7(13,14)10(8,17)18/h2H,3H2,1H3. The number of ketones is 1. The van der Waals surface area contributed by atoms with E-state index in [2.05, 4.69) is 0 Å². The van der Waals surface area contributed by atoms with Crippen LogP contribution in [0.15, 0.2) is 11.6 Å². The quantitative estimate of drug-likeness (QED) is 0.494. The highest BCUT2D eigenvalue weighted by Crippen LogP contribution is 2.66. The Kier molecular flexibility index (Phi) is 2.51. The number of rotatable bonds is 0. The number of hydrogen-bond donors (Lipinski definition) is 0. The molecule has 108 valence electrons. The highest BCUT2D eigenvalue weighted by molar-refractivity contribution is 6.39. The molecule has 1 saturated carbocycles. The molecule has 2 rings (SSSR count). The van der Waals surface area contributed by atoms with Gasteiger partial charge in [-0.25, -0.2) is 13.2 Å². The number of halogens is 8. The van der Waals surface area contributed by atoms with Crippen molar-refractivity contribution in [3.63, 3.8) is 0 Å². The third-order valence-corrected chi connectivity index (χ3v) is 4.12. The molecule has 9 heteroatoms. The summed E-state index contributed by atoms with van der Waals surface area (Å²) in [6.45, 7) is -0.0753. The van der Waals surface area contributed by atoms with E-state index in [1.807, 2.05) is 0 Å². The van der Waals surface area contributed by atoms with Crippen molar-refractivity contribution in [2.24, 2.45) is 0 Å². The van der Waals surface area contributed by atoms with E-state index in [0.717, 1.165) is 0 Å². The number of Topliss-reactive ketones (excluding diaryl/α,β-unsaturated/α-hetero) is 1. The molecule has 2 aliphatic carbocycles. The van der Waals surface area contributed by atoms with Crippen LogP contribution in [0.4, 0.5) is 30.7 Å². The van der Waals surface area contributed by atoms with Gasteiger partial charge in [-0.3, -0.25) is 4.79 Å². The van der Waals surface area contributed by atoms with E-state index in [9.17, 15) is 35.5 Å². The fraction of sp³-hybridized carbons (Fsp3) is 0.700. The molecule has 0 aromatic heterocycles. The van der Waals surface area contributed by atoms with E-state index in [-0.39, 0.29) is 13.0 Å². The fourth-order valence-corrected chi connectivity index (χ4v) is 2.55. The molecule has 0 aromatic carbocycles. The summed E-state index contributed by atoms with van der Waals surface area (Å²) in [7, 11) is 0. The Morgan fingerprint density at radius 1 is 1.11 bits per heavy atom. The first-order valence-corrected chi connectivity index (χ1v) is 5.39. The van der Waals surface area contributed by atoms with Crippen molar-refractivity contribution in [2.75, 3.05) is 0 Å². The summed E-state index contributed by atoms with van der Waals surface area (Å²) in [4.78, 5) is 11.3. The second-order valence-corrected chi connectivity index (χ2v) is 5.19. The van der Waals surface area contributed by atoms with Crippen LogP contribution >= 0.6 is 11.6 Å². The second kappa shape index (κ2) is 3.27. The average molecular weight is 311 g/mol. The summed E-state index contributed by atoms with van der Waals surface area (Å²) in [5.41, 5.74) is -10.8. The molecule has 1 nitrogen and oxygen atoms in total. The predicted molar refractivity (Wildman–Crippen MR) is 50.6 cm³/mol. The zero-order chi connectivity index (χ0) is 15.1. The summed E-state index contributed by atoms with van der Waals surface area (Å²) < 4.78 is 95.4. The van der Waals surface area contributed by atoms with Gasteiger partial charge in [0.2, 0.25) is 17.1 Å². The van der Waals surface area contributed by atoms with Crippen LogP contribution in [-0.4, -0.2) is 34.1 Å². The minimum Gasteiger partial charge on any atom is -0.289 e. The van der Waals surface area contributed by atoms with E-state index in [4.69, 9.17) is 11.6 Å². The van der Waals surface area contributed by atoms with Gasteiger partial charge in [0.25, 0.3) is 5.13 Å². The Balaban J connectivity index is 2.82. The van der Waals surface area contributed by atoms with E-state index < -0.39 is 46.1 Å². The van der Waals surface area contributed by atoms with Crippen LogP contribution in [0.5, 0.6) is 0 Å². The SMILES string of the molecule is CC1(F)C(F)(Cl)C(=O)C2=CCC(F)(F)C(F)(F)C21F. The molecule has 0 amide bonds. The first-order valence-electron chi connectivity index (χ1n) is 5.02. The molecule has 0 radical (unpaired) electrons. The largest absolute Gasteiger partial charge is 0.351 e. The summed E-state index contributed by atoms with van der Waals surface area (Å²) in [5.74, 6) is -12.7. The molecule has 19 heavy (non-hydrogen) atoms. The fourth-order valence-electron chi connectivity index (χ4n) is 2.32. The van der Waals surface area contributed by atoms with Gasteiger partial charge in [0.15, 0.2) is 0 Å². The van der Waals surface area contributed by atoms with Crippen molar-refractivity contribution in [3.05, 3.63) is 11.6 Å². The molecule has 0 N–H and O–H groups in total. The zero-order valence-corrected chi connectivity index (χ0v) is 9.97. The van der Waals surface area contributed by atoms with Crippen LogP contribution in [0, 0.1) is 0 Å². The summed E-state index contributed by atoms with van der Waals surface area (Å²) in [5, 5.41) is -4.17. The summed E-state index contributed by atoms with van der Waals surface area (Å²) in [6.07, 6.45) is -1.64. The van der Waals surface area contributed by atoms with Gasteiger partial charge in [0.1, 0.15) is 0 Å². The highest BCUT2D eigenvalue weighted by atomic mass is 35.5. The Hall–Kier alpha value is -0.790. The lowest BCUT2D eigenvalue weighted by Crippen LogP contribution is -2.67. The lowest BCUT2D eigenvalue weighted by molar-refractivity contribution is -0.291. The maximum atomic E-state index is 14.3. The predicted octanol–water partition coefficient (Wildman–Crippen LogP) is 3.51. The van der Waals surface area contributed by atoms with E-state index in [0.29, 0.717) is 0 Å². The van der Waals surface area contributed by atoms with Crippen molar-refractivity contribution in [3.8, 4) is 0 Å².